The van der Waals surface area contributed by atoms with Crippen LogP contribution in [0.25, 0.3) is 0 Å². The van der Waals surface area contributed by atoms with Crippen molar-refractivity contribution < 1.29 is 21.6 Å². The first-order valence-electron chi connectivity index (χ1n) is 7.66. The Kier molecular flexibility index (Phi) is 3.59. The maximum Gasteiger partial charge on any atom is 0.263 e. The molecule has 0 spiro atoms. The first kappa shape index (κ1) is 17.2. The van der Waals surface area contributed by atoms with Crippen molar-refractivity contribution >= 4 is 27.3 Å². The van der Waals surface area contributed by atoms with Crippen molar-refractivity contribution in [3.63, 3.8) is 0 Å². The van der Waals surface area contributed by atoms with Gasteiger partial charge in [-0.1, -0.05) is 11.6 Å². The van der Waals surface area contributed by atoms with E-state index in [1.807, 2.05) is 0 Å². The fourth-order valence-electron chi connectivity index (χ4n) is 3.58. The number of sulfonamides is 1. The number of nitriles is 1. The van der Waals surface area contributed by atoms with E-state index in [4.69, 9.17) is 16.9 Å². The number of aromatic nitrogens is 1. The van der Waals surface area contributed by atoms with Gasteiger partial charge >= 0.3 is 0 Å². The number of hydrogen-bond acceptors (Lipinski definition) is 3. The molecule has 4 rings (SSSR count). The van der Waals surface area contributed by atoms with Gasteiger partial charge in [0.05, 0.1) is 22.2 Å². The average molecular weight is 402 g/mol. The van der Waals surface area contributed by atoms with Gasteiger partial charge in [-0.05, 0) is 30.5 Å². The van der Waals surface area contributed by atoms with Crippen LogP contribution < -0.4 is 4.72 Å². The molecule has 1 fully saturated rings. The number of nitrogens with zero attached hydrogens (tertiary/aromatic N) is 1. The van der Waals surface area contributed by atoms with Crippen LogP contribution in [0.1, 0.15) is 29.2 Å². The van der Waals surface area contributed by atoms with E-state index in [0.717, 1.165) is 18.3 Å². The number of nitrogens with one attached hydrogen (secondary N) is 2. The lowest BCUT2D eigenvalue weighted by Gasteiger charge is -2.13. The van der Waals surface area contributed by atoms with E-state index in [1.54, 1.807) is 6.07 Å². The number of fused-ring (bicyclic) bond motifs is 3. The van der Waals surface area contributed by atoms with E-state index in [1.165, 1.54) is 0 Å². The number of rotatable bonds is 3. The standard InChI is InChI=1S/C16H11ClF3N3O2S/c17-10-4-12(11(18)3-7(10)5-21)23-26(24,25)13-6-22-15-8(13)1-2-9-14(15)16(9,19)20/h3-4,6,9,14,22-23H,1-2H2. The molecule has 2 unspecified atom stereocenters. The Labute approximate surface area is 151 Å². The number of alkyl halides is 2. The Morgan fingerprint density at radius 3 is 2.81 bits per heavy atom. The summed E-state index contributed by atoms with van der Waals surface area (Å²) in [5.74, 6) is -5.53. The summed E-state index contributed by atoms with van der Waals surface area (Å²) in [6.45, 7) is 0. The molecule has 0 bridgehead atoms. The zero-order valence-corrected chi connectivity index (χ0v) is 14.6. The molecule has 0 aliphatic heterocycles. The van der Waals surface area contributed by atoms with E-state index in [0.29, 0.717) is 5.56 Å². The summed E-state index contributed by atoms with van der Waals surface area (Å²) in [6.07, 6.45) is 1.54. The first-order valence-corrected chi connectivity index (χ1v) is 9.53. The third kappa shape index (κ3) is 2.40. The number of benzene rings is 1. The Bertz CT molecular complexity index is 1080. The highest BCUT2D eigenvalue weighted by Crippen LogP contribution is 2.66. The molecule has 10 heteroatoms. The summed E-state index contributed by atoms with van der Waals surface area (Å²) in [6, 6.07) is 3.51. The maximum atomic E-state index is 14.1. The van der Waals surface area contributed by atoms with Gasteiger partial charge in [-0.15, -0.1) is 0 Å². The second kappa shape index (κ2) is 5.41. The highest BCUT2D eigenvalue weighted by Gasteiger charge is 2.70. The zero-order valence-electron chi connectivity index (χ0n) is 13.0. The minimum atomic E-state index is -4.22. The van der Waals surface area contributed by atoms with E-state index < -0.39 is 39.3 Å². The fraction of sp³-hybridized carbons (Fsp3) is 0.312. The molecule has 5 nitrogen and oxygen atoms in total. The van der Waals surface area contributed by atoms with Gasteiger partial charge in [0.15, 0.2) is 0 Å². The van der Waals surface area contributed by atoms with Crippen molar-refractivity contribution in [3.8, 4) is 6.07 Å². The van der Waals surface area contributed by atoms with Crippen molar-refractivity contribution in [2.45, 2.75) is 29.6 Å². The number of halogens is 4. The van der Waals surface area contributed by atoms with Gasteiger partial charge in [0, 0.05) is 17.8 Å². The Hall–Kier alpha value is -2.18. The molecule has 2 aliphatic carbocycles. The second-order valence-corrected chi connectivity index (χ2v) is 8.43. The first-order chi connectivity index (χ1) is 12.2. The van der Waals surface area contributed by atoms with E-state index in [2.05, 4.69) is 9.71 Å². The van der Waals surface area contributed by atoms with Crippen LogP contribution >= 0.6 is 11.6 Å². The molecule has 2 aromatic rings. The third-order valence-corrected chi connectivity index (χ3v) is 6.66. The Balaban J connectivity index is 1.70. The Morgan fingerprint density at radius 2 is 2.12 bits per heavy atom. The third-order valence-electron chi connectivity index (χ3n) is 4.91. The maximum absolute atomic E-state index is 14.1. The van der Waals surface area contributed by atoms with Gasteiger partial charge in [-0.2, -0.15) is 5.26 Å². The zero-order chi connectivity index (χ0) is 18.9. The van der Waals surface area contributed by atoms with Crippen LogP contribution in [0.4, 0.5) is 18.9 Å². The minimum absolute atomic E-state index is 0.108. The molecule has 2 N–H and O–H groups in total. The molecular formula is C16H11ClF3N3O2S. The van der Waals surface area contributed by atoms with Crippen LogP contribution in [0.5, 0.6) is 0 Å². The molecule has 1 saturated carbocycles. The topological polar surface area (TPSA) is 85.8 Å². The summed E-state index contributed by atoms with van der Waals surface area (Å²) in [7, 11) is -4.22. The van der Waals surface area contributed by atoms with Crippen LogP contribution in [0.2, 0.25) is 5.02 Å². The molecule has 0 radical (unpaired) electrons. The SMILES string of the molecule is N#Cc1cc(F)c(NS(=O)(=O)c2c[nH]c3c2CCC2C3C2(F)F)cc1Cl. The lowest BCUT2D eigenvalue weighted by atomic mass is 9.98. The van der Waals surface area contributed by atoms with Crippen LogP contribution in [-0.4, -0.2) is 19.3 Å². The van der Waals surface area contributed by atoms with Crippen molar-refractivity contribution in [2.75, 3.05) is 4.72 Å². The normalized spacial score (nSPS) is 22.9. The van der Waals surface area contributed by atoms with Crippen LogP contribution in [0.3, 0.4) is 0 Å². The molecule has 1 aromatic carbocycles. The summed E-state index contributed by atoms with van der Waals surface area (Å²) in [5, 5.41) is 8.71. The Morgan fingerprint density at radius 1 is 1.38 bits per heavy atom. The molecule has 1 heterocycles. The molecule has 26 heavy (non-hydrogen) atoms. The lowest BCUT2D eigenvalue weighted by molar-refractivity contribution is 0.0928. The van der Waals surface area contributed by atoms with E-state index in [-0.39, 0.29) is 34.0 Å². The predicted molar refractivity (Wildman–Crippen MR) is 87.2 cm³/mol. The van der Waals surface area contributed by atoms with E-state index in [9.17, 15) is 21.6 Å². The predicted octanol–water partition coefficient (Wildman–Crippen LogP) is 3.77. The van der Waals surface area contributed by atoms with Crippen molar-refractivity contribution in [1.82, 2.24) is 4.98 Å². The van der Waals surface area contributed by atoms with Crippen molar-refractivity contribution in [2.24, 2.45) is 5.92 Å². The fourth-order valence-corrected chi connectivity index (χ4v) is 5.09. The van der Waals surface area contributed by atoms with Gasteiger partial charge < -0.3 is 4.98 Å². The average Bonchev–Trinajstić information content (AvgIpc) is 2.94. The van der Waals surface area contributed by atoms with Crippen molar-refractivity contribution in [3.05, 3.63) is 46.0 Å². The molecule has 1 aromatic heterocycles. The summed E-state index contributed by atoms with van der Waals surface area (Å²) < 4.78 is 68.9. The number of hydrogen-bond donors (Lipinski definition) is 2. The van der Waals surface area contributed by atoms with Gasteiger partial charge in [0.25, 0.3) is 15.9 Å². The van der Waals surface area contributed by atoms with Gasteiger partial charge in [-0.3, -0.25) is 4.72 Å². The molecule has 2 atom stereocenters. The minimum Gasteiger partial charge on any atom is -0.363 e. The number of anilines is 1. The molecule has 0 amide bonds. The lowest BCUT2D eigenvalue weighted by Crippen LogP contribution is -2.16. The molecule has 2 aliphatic rings. The monoisotopic (exact) mass is 401 g/mol. The van der Waals surface area contributed by atoms with E-state index >= 15 is 0 Å². The molecule has 136 valence electrons. The van der Waals surface area contributed by atoms with Gasteiger partial charge in [-0.25, -0.2) is 21.6 Å². The smallest absolute Gasteiger partial charge is 0.263 e. The number of aromatic amines is 1. The van der Waals surface area contributed by atoms with Crippen LogP contribution in [0.15, 0.2) is 23.2 Å². The second-order valence-electron chi connectivity index (χ2n) is 6.37. The van der Waals surface area contributed by atoms with Gasteiger partial charge in [0.2, 0.25) is 0 Å². The summed E-state index contributed by atoms with van der Waals surface area (Å²) >= 11 is 5.81. The summed E-state index contributed by atoms with van der Waals surface area (Å²) in [4.78, 5) is 2.46. The molecule has 0 saturated heterocycles. The van der Waals surface area contributed by atoms with Crippen molar-refractivity contribution in [1.29, 1.82) is 5.26 Å². The highest BCUT2D eigenvalue weighted by atomic mass is 35.5. The summed E-state index contributed by atoms with van der Waals surface area (Å²) in [5.41, 5.74) is -0.0245. The van der Waals surface area contributed by atoms with Crippen LogP contribution in [0, 0.1) is 23.1 Å². The largest absolute Gasteiger partial charge is 0.363 e. The van der Waals surface area contributed by atoms with Gasteiger partial charge in [0.1, 0.15) is 16.8 Å². The van der Waals surface area contributed by atoms with Crippen LogP contribution in [-0.2, 0) is 16.4 Å². The quantitative estimate of drug-likeness (QED) is 0.820. The molecular weight excluding hydrogens is 391 g/mol. The number of H-pyrrole nitrogens is 1. The highest BCUT2D eigenvalue weighted by molar-refractivity contribution is 7.92.